The molecule has 1 spiro atoms. The van der Waals surface area contributed by atoms with Crippen LogP contribution in [0.5, 0.6) is 5.75 Å². The van der Waals surface area contributed by atoms with E-state index >= 15 is 0 Å². The molecule has 1 fully saturated rings. The maximum absolute atomic E-state index is 13.2. The van der Waals surface area contributed by atoms with Crippen molar-refractivity contribution >= 4 is 17.5 Å². The molecule has 2 aromatic rings. The molecule has 3 atom stereocenters. The van der Waals surface area contributed by atoms with E-state index in [2.05, 4.69) is 0 Å². The molecule has 8 nitrogen and oxygen atoms in total. The summed E-state index contributed by atoms with van der Waals surface area (Å²) in [6.07, 6.45) is 0. The Morgan fingerprint density at radius 1 is 1.00 bits per heavy atom. The Balaban J connectivity index is 1.98. The number of para-hydroxylation sites is 1. The molecule has 0 amide bonds. The van der Waals surface area contributed by atoms with Crippen molar-refractivity contribution in [2.24, 2.45) is 5.92 Å². The van der Waals surface area contributed by atoms with Crippen molar-refractivity contribution in [3.05, 3.63) is 75.3 Å². The number of hydrogen-bond donors (Lipinski definition) is 0. The van der Waals surface area contributed by atoms with Crippen molar-refractivity contribution < 1.29 is 28.8 Å². The van der Waals surface area contributed by atoms with E-state index in [1.165, 1.54) is 26.2 Å². The molecule has 1 aliphatic heterocycles. The molecule has 0 aromatic heterocycles. The topological polar surface area (TPSA) is 113 Å². The summed E-state index contributed by atoms with van der Waals surface area (Å²) < 4.78 is 10.7. The van der Waals surface area contributed by atoms with E-state index in [1.807, 2.05) is 0 Å². The second-order valence-corrected chi connectivity index (χ2v) is 7.15. The van der Waals surface area contributed by atoms with Crippen LogP contribution in [0.2, 0.25) is 0 Å². The van der Waals surface area contributed by atoms with Crippen LogP contribution in [-0.4, -0.2) is 41.2 Å². The van der Waals surface area contributed by atoms with Crippen LogP contribution < -0.4 is 4.74 Å². The molecule has 2 aromatic carbocycles. The number of nitrogens with zero attached hydrogens (tertiary/aromatic N) is 1. The van der Waals surface area contributed by atoms with Gasteiger partial charge < -0.3 is 9.47 Å². The minimum atomic E-state index is -2.53. The van der Waals surface area contributed by atoms with Gasteiger partial charge in [0, 0.05) is 21.6 Å². The maximum Gasteiger partial charge on any atom is 0.311 e. The number of Topliss-reactive ketones (excluding diaryl/α,β-unsaturated/α-hetero) is 2. The number of ether oxygens (including phenoxy) is 2. The van der Waals surface area contributed by atoms with Gasteiger partial charge in [-0.2, -0.15) is 0 Å². The lowest BCUT2D eigenvalue weighted by molar-refractivity contribution is -0.544. The molecule has 148 valence electrons. The Bertz CT molecular complexity index is 1030. The Kier molecular flexibility index (Phi) is 4.22. The van der Waals surface area contributed by atoms with E-state index in [0.29, 0.717) is 11.3 Å². The molecular formula is C21H17NO7. The van der Waals surface area contributed by atoms with Crippen LogP contribution in [0.25, 0.3) is 0 Å². The summed E-state index contributed by atoms with van der Waals surface area (Å²) in [7, 11) is 1.41. The summed E-state index contributed by atoms with van der Waals surface area (Å²) in [6, 6.07) is 10.7. The number of fused-ring (bicyclic) bond motifs is 1. The number of rotatable bonds is 3. The van der Waals surface area contributed by atoms with Gasteiger partial charge in [-0.1, -0.05) is 49.4 Å². The lowest BCUT2D eigenvalue weighted by Gasteiger charge is -2.40. The Morgan fingerprint density at radius 2 is 1.55 bits per heavy atom. The molecule has 0 unspecified atom stereocenters. The van der Waals surface area contributed by atoms with Gasteiger partial charge in [-0.3, -0.25) is 24.5 Å². The van der Waals surface area contributed by atoms with Gasteiger partial charge in [-0.15, -0.1) is 0 Å². The largest absolute Gasteiger partial charge is 0.496 e. The van der Waals surface area contributed by atoms with Crippen LogP contribution in [-0.2, 0) is 9.53 Å². The van der Waals surface area contributed by atoms with Crippen LogP contribution in [0.3, 0.4) is 0 Å². The predicted octanol–water partition coefficient (Wildman–Crippen LogP) is 2.44. The first-order valence-corrected chi connectivity index (χ1v) is 9.02. The minimum Gasteiger partial charge on any atom is -0.496 e. The first-order valence-electron chi connectivity index (χ1n) is 9.02. The fourth-order valence-electron chi connectivity index (χ4n) is 4.39. The summed E-state index contributed by atoms with van der Waals surface area (Å²) in [4.78, 5) is 50.8. The monoisotopic (exact) mass is 395 g/mol. The Labute approximate surface area is 165 Å². The second-order valence-electron chi connectivity index (χ2n) is 7.15. The third-order valence-corrected chi connectivity index (χ3v) is 5.74. The second kappa shape index (κ2) is 6.51. The van der Waals surface area contributed by atoms with Crippen molar-refractivity contribution in [1.29, 1.82) is 0 Å². The molecule has 1 heterocycles. The van der Waals surface area contributed by atoms with Gasteiger partial charge in [-0.05, 0) is 6.07 Å². The van der Waals surface area contributed by atoms with Crippen LogP contribution in [0.1, 0.15) is 39.1 Å². The summed E-state index contributed by atoms with van der Waals surface area (Å²) in [5.41, 5.74) is -2.12. The maximum atomic E-state index is 13.2. The Morgan fingerprint density at radius 3 is 2.10 bits per heavy atom. The van der Waals surface area contributed by atoms with Crippen molar-refractivity contribution in [1.82, 2.24) is 0 Å². The molecule has 8 heteroatoms. The predicted molar refractivity (Wildman–Crippen MR) is 99.6 cm³/mol. The summed E-state index contributed by atoms with van der Waals surface area (Å²) in [5, 5.41) is 12.3. The molecule has 0 saturated carbocycles. The van der Waals surface area contributed by atoms with Gasteiger partial charge in [0.1, 0.15) is 5.75 Å². The van der Waals surface area contributed by atoms with E-state index in [0.717, 1.165) is 0 Å². The van der Waals surface area contributed by atoms with Crippen LogP contribution >= 0.6 is 0 Å². The highest BCUT2D eigenvalue weighted by Crippen LogP contribution is 2.49. The molecule has 2 aliphatic rings. The highest BCUT2D eigenvalue weighted by Gasteiger charge is 2.72. The number of ketones is 2. The van der Waals surface area contributed by atoms with Crippen molar-refractivity contribution in [3.63, 3.8) is 0 Å². The van der Waals surface area contributed by atoms with Gasteiger partial charge in [0.2, 0.25) is 11.6 Å². The van der Waals surface area contributed by atoms with Gasteiger partial charge in [0.15, 0.2) is 0 Å². The SMILES string of the molecule is COc1ccccc1[C@H]1[C@H]([N+](=O)[O-])C2(OC(=O)[C@@H]1C)C(=O)c1ccccc1C2=O. The molecule has 4 rings (SSSR count). The fourth-order valence-corrected chi connectivity index (χ4v) is 4.39. The van der Waals surface area contributed by atoms with Crippen LogP contribution in [0.4, 0.5) is 0 Å². The van der Waals surface area contributed by atoms with Crippen molar-refractivity contribution in [2.75, 3.05) is 7.11 Å². The number of carbonyl (C=O) groups is 3. The van der Waals surface area contributed by atoms with E-state index in [4.69, 9.17) is 9.47 Å². The first-order chi connectivity index (χ1) is 13.8. The zero-order valence-electron chi connectivity index (χ0n) is 15.7. The number of benzene rings is 2. The smallest absolute Gasteiger partial charge is 0.311 e. The number of carbonyl (C=O) groups excluding carboxylic acids is 3. The minimum absolute atomic E-state index is 0.0190. The zero-order valence-corrected chi connectivity index (χ0v) is 15.7. The summed E-state index contributed by atoms with van der Waals surface area (Å²) in [5.74, 6) is -4.29. The van der Waals surface area contributed by atoms with Gasteiger partial charge in [0.25, 0.3) is 6.04 Å². The number of hydrogen-bond acceptors (Lipinski definition) is 7. The van der Waals surface area contributed by atoms with E-state index in [-0.39, 0.29) is 11.1 Å². The van der Waals surface area contributed by atoms with E-state index in [9.17, 15) is 24.5 Å². The average molecular weight is 395 g/mol. The molecule has 0 bridgehead atoms. The molecule has 1 aliphatic carbocycles. The van der Waals surface area contributed by atoms with Crippen LogP contribution in [0, 0.1) is 16.0 Å². The lowest BCUT2D eigenvalue weighted by atomic mass is 9.70. The zero-order chi connectivity index (χ0) is 20.9. The number of esters is 1. The third-order valence-electron chi connectivity index (χ3n) is 5.74. The van der Waals surface area contributed by atoms with Crippen molar-refractivity contribution in [2.45, 2.75) is 24.5 Å². The highest BCUT2D eigenvalue weighted by molar-refractivity contribution is 6.33. The van der Waals surface area contributed by atoms with Gasteiger partial charge >= 0.3 is 11.6 Å². The summed E-state index contributed by atoms with van der Waals surface area (Å²) >= 11 is 0. The molecule has 1 saturated heterocycles. The average Bonchev–Trinajstić information content (AvgIpc) is 2.93. The molecule has 29 heavy (non-hydrogen) atoms. The molecule has 0 radical (unpaired) electrons. The number of nitro groups is 1. The summed E-state index contributed by atoms with van der Waals surface area (Å²) in [6.45, 7) is 1.49. The van der Waals surface area contributed by atoms with Gasteiger partial charge in [0.05, 0.1) is 18.9 Å². The Hall–Kier alpha value is -3.55. The quantitative estimate of drug-likeness (QED) is 0.339. The highest BCUT2D eigenvalue weighted by atomic mass is 16.6. The lowest BCUT2D eigenvalue weighted by Crippen LogP contribution is -2.65. The number of methoxy groups -OCH3 is 1. The van der Waals surface area contributed by atoms with E-state index < -0.39 is 45.9 Å². The first kappa shape index (κ1) is 18.8. The molecular weight excluding hydrogens is 378 g/mol. The molecule has 0 N–H and O–H groups in total. The fraction of sp³-hybridized carbons (Fsp3) is 0.286. The standard InChI is InChI=1S/C21H17NO7/c1-11-16(14-9-5-6-10-15(14)28-2)17(22(26)27)21(29-20(11)25)18(23)12-7-3-4-8-13(12)19(21)24/h3-11,16-17H,1-2H3/t11-,16+,17+/m1/s1. The normalized spacial score (nSPS) is 24.9. The third kappa shape index (κ3) is 2.41. The van der Waals surface area contributed by atoms with E-state index in [1.54, 1.807) is 36.4 Å². The van der Waals surface area contributed by atoms with Crippen molar-refractivity contribution in [3.8, 4) is 5.75 Å². The van der Waals surface area contributed by atoms with Crippen LogP contribution in [0.15, 0.2) is 48.5 Å². The van der Waals surface area contributed by atoms with Gasteiger partial charge in [-0.25, -0.2) is 0 Å².